The van der Waals surface area contributed by atoms with Crippen molar-refractivity contribution in [3.63, 3.8) is 0 Å². The summed E-state index contributed by atoms with van der Waals surface area (Å²) in [5.74, 6) is 0.0872. The van der Waals surface area contributed by atoms with Crippen LogP contribution in [-0.2, 0) is 26.3 Å². The van der Waals surface area contributed by atoms with Crippen molar-refractivity contribution < 1.29 is 14.3 Å². The molecule has 2 amide bonds. The molecule has 7 nitrogen and oxygen atoms in total. The summed E-state index contributed by atoms with van der Waals surface area (Å²) in [4.78, 5) is 29.1. The van der Waals surface area contributed by atoms with Crippen molar-refractivity contribution in [2.75, 3.05) is 26.7 Å². The van der Waals surface area contributed by atoms with Gasteiger partial charge in [0.05, 0.1) is 11.2 Å². The number of amides is 2. The molecule has 0 saturated carbocycles. The predicted molar refractivity (Wildman–Crippen MR) is 108 cm³/mol. The van der Waals surface area contributed by atoms with Gasteiger partial charge in [0.2, 0.25) is 11.8 Å². The molecular weight excluding hydrogens is 368 g/mol. The molecule has 154 valence electrons. The fourth-order valence-electron chi connectivity index (χ4n) is 4.61. The summed E-state index contributed by atoms with van der Waals surface area (Å²) in [6.07, 6.45) is 1.47. The Labute approximate surface area is 171 Å². The van der Waals surface area contributed by atoms with Gasteiger partial charge in [0, 0.05) is 38.7 Å². The van der Waals surface area contributed by atoms with Crippen LogP contribution < -0.4 is 0 Å². The lowest BCUT2D eigenvalue weighted by Crippen LogP contribution is -2.67. The summed E-state index contributed by atoms with van der Waals surface area (Å²) in [5, 5.41) is 7.28. The van der Waals surface area contributed by atoms with Crippen molar-refractivity contribution in [2.45, 2.75) is 44.8 Å². The average Bonchev–Trinajstić information content (AvgIpc) is 3.07. The first-order chi connectivity index (χ1) is 13.9. The third-order valence-electron chi connectivity index (χ3n) is 6.62. The Balaban J connectivity index is 1.50. The number of likely N-dealkylation sites (tertiary alicyclic amines) is 1. The first-order valence-electron chi connectivity index (χ1n) is 10.2. The predicted octanol–water partition coefficient (Wildman–Crippen LogP) is 1.94. The van der Waals surface area contributed by atoms with Crippen LogP contribution >= 0.6 is 0 Å². The summed E-state index contributed by atoms with van der Waals surface area (Å²) in [6.45, 7) is 5.16. The second-order valence-electron chi connectivity index (χ2n) is 8.05. The minimum absolute atomic E-state index is 0.0192. The number of benzene rings is 1. The Morgan fingerprint density at radius 2 is 2.07 bits per heavy atom. The number of hydrogen-bond acceptors (Lipinski definition) is 4. The molecule has 4 rings (SSSR count). The first-order valence-corrected chi connectivity index (χ1v) is 10.2. The third kappa shape index (κ3) is 3.33. The zero-order chi connectivity index (χ0) is 20.6. The minimum atomic E-state index is -0.525. The largest absolute Gasteiger partial charge is 0.364 e. The van der Waals surface area contributed by atoms with Crippen LogP contribution in [0.25, 0.3) is 0 Å². The van der Waals surface area contributed by atoms with Crippen LogP contribution in [0.3, 0.4) is 0 Å². The number of aromatic amines is 1. The molecule has 1 aromatic carbocycles. The van der Waals surface area contributed by atoms with Crippen molar-refractivity contribution in [3.8, 4) is 0 Å². The van der Waals surface area contributed by atoms with Gasteiger partial charge in [-0.2, -0.15) is 5.10 Å². The molecule has 0 spiro atoms. The maximum atomic E-state index is 12.9. The van der Waals surface area contributed by atoms with Crippen LogP contribution in [-0.4, -0.2) is 64.7 Å². The number of piperidine rings is 1. The Morgan fingerprint density at radius 1 is 1.31 bits per heavy atom. The Morgan fingerprint density at radius 3 is 2.76 bits per heavy atom. The Bertz CT molecular complexity index is 910. The van der Waals surface area contributed by atoms with Crippen molar-refractivity contribution in [1.82, 2.24) is 20.0 Å². The highest BCUT2D eigenvalue weighted by atomic mass is 16.5. The Kier molecular flexibility index (Phi) is 5.17. The molecule has 1 aromatic heterocycles. The molecular formula is C22H28N4O3. The second kappa shape index (κ2) is 7.63. The van der Waals surface area contributed by atoms with Crippen LogP contribution in [0, 0.1) is 13.8 Å². The maximum Gasteiger partial charge on any atom is 0.249 e. The van der Waals surface area contributed by atoms with Gasteiger partial charge >= 0.3 is 0 Å². The van der Waals surface area contributed by atoms with Gasteiger partial charge in [-0.15, -0.1) is 0 Å². The SMILES string of the molecule is Cc1[nH]nc(CCC(=O)N2CC[C@]3(c4ccccc4)[C@@H](C2)OCC(=O)N3C)c1C. The van der Waals surface area contributed by atoms with E-state index in [1.165, 1.54) is 0 Å². The second-order valence-corrected chi connectivity index (χ2v) is 8.05. The van der Waals surface area contributed by atoms with E-state index in [1.807, 2.05) is 61.0 Å². The molecule has 2 fully saturated rings. The molecule has 29 heavy (non-hydrogen) atoms. The fourth-order valence-corrected chi connectivity index (χ4v) is 4.61. The molecule has 1 N–H and O–H groups in total. The van der Waals surface area contributed by atoms with Crippen molar-refractivity contribution >= 4 is 11.8 Å². The van der Waals surface area contributed by atoms with Crippen molar-refractivity contribution in [2.24, 2.45) is 0 Å². The molecule has 0 aliphatic carbocycles. The van der Waals surface area contributed by atoms with Crippen LogP contribution in [0.1, 0.15) is 35.4 Å². The lowest BCUT2D eigenvalue weighted by molar-refractivity contribution is -0.184. The van der Waals surface area contributed by atoms with Gasteiger partial charge in [-0.05, 0) is 31.4 Å². The van der Waals surface area contributed by atoms with Crippen LogP contribution in [0.5, 0.6) is 0 Å². The fraction of sp³-hybridized carbons (Fsp3) is 0.500. The van der Waals surface area contributed by atoms with Crippen LogP contribution in [0.4, 0.5) is 0 Å². The highest BCUT2D eigenvalue weighted by molar-refractivity contribution is 5.80. The highest BCUT2D eigenvalue weighted by Crippen LogP contribution is 2.42. The van der Waals surface area contributed by atoms with Gasteiger partial charge in [0.1, 0.15) is 12.7 Å². The number of ether oxygens (including phenoxy) is 1. The number of aryl methyl sites for hydroxylation is 2. The van der Waals surface area contributed by atoms with E-state index in [0.717, 1.165) is 22.5 Å². The zero-order valence-corrected chi connectivity index (χ0v) is 17.3. The number of likely N-dealkylation sites (N-methyl/N-ethyl adjacent to an activating group) is 1. The third-order valence-corrected chi connectivity index (χ3v) is 6.62. The first kappa shape index (κ1) is 19.6. The number of carbonyl (C=O) groups is 2. The molecule has 2 aliphatic rings. The summed E-state index contributed by atoms with van der Waals surface area (Å²) in [6, 6.07) is 10.0. The lowest BCUT2D eigenvalue weighted by Gasteiger charge is -2.54. The number of carbonyl (C=O) groups excluding carboxylic acids is 2. The number of aromatic nitrogens is 2. The number of nitrogens with one attached hydrogen (secondary N) is 1. The number of hydrogen-bond donors (Lipinski definition) is 1. The number of nitrogens with zero attached hydrogens (tertiary/aromatic N) is 3. The maximum absolute atomic E-state index is 12.9. The molecule has 0 unspecified atom stereocenters. The normalized spacial score (nSPS) is 24.5. The summed E-state index contributed by atoms with van der Waals surface area (Å²) < 4.78 is 5.99. The summed E-state index contributed by atoms with van der Waals surface area (Å²) in [5.41, 5.74) is 3.65. The van der Waals surface area contributed by atoms with Gasteiger partial charge in [-0.25, -0.2) is 0 Å². The van der Waals surface area contributed by atoms with E-state index in [9.17, 15) is 9.59 Å². The molecule has 3 heterocycles. The molecule has 0 bridgehead atoms. The molecule has 7 heteroatoms. The highest BCUT2D eigenvalue weighted by Gasteiger charge is 2.53. The molecule has 2 saturated heterocycles. The minimum Gasteiger partial charge on any atom is -0.364 e. The van der Waals surface area contributed by atoms with E-state index in [0.29, 0.717) is 32.4 Å². The molecule has 0 radical (unpaired) electrons. The molecule has 2 atom stereocenters. The van der Waals surface area contributed by atoms with E-state index >= 15 is 0 Å². The summed E-state index contributed by atoms with van der Waals surface area (Å²) in [7, 11) is 1.85. The van der Waals surface area contributed by atoms with Crippen molar-refractivity contribution in [1.29, 1.82) is 0 Å². The van der Waals surface area contributed by atoms with E-state index in [2.05, 4.69) is 10.2 Å². The topological polar surface area (TPSA) is 78.5 Å². The van der Waals surface area contributed by atoms with E-state index in [4.69, 9.17) is 4.74 Å². The number of fused-ring (bicyclic) bond motifs is 1. The van der Waals surface area contributed by atoms with E-state index in [1.54, 1.807) is 0 Å². The van der Waals surface area contributed by atoms with Gasteiger partial charge in [0.15, 0.2) is 0 Å². The molecule has 2 aliphatic heterocycles. The van der Waals surface area contributed by atoms with Crippen LogP contribution in [0.15, 0.2) is 30.3 Å². The monoisotopic (exact) mass is 396 g/mol. The van der Waals surface area contributed by atoms with E-state index < -0.39 is 5.54 Å². The standard InChI is InChI=1S/C22H28N4O3/c1-15-16(2)23-24-18(15)9-10-20(27)26-12-11-22(17-7-5-4-6-8-17)19(13-26)29-14-21(28)25(22)3/h4-8,19H,9-14H2,1-3H3,(H,23,24)/t19-,22+/m1/s1. The van der Waals surface area contributed by atoms with Gasteiger partial charge < -0.3 is 14.5 Å². The van der Waals surface area contributed by atoms with Gasteiger partial charge in [-0.1, -0.05) is 30.3 Å². The van der Waals surface area contributed by atoms with Gasteiger partial charge in [-0.3, -0.25) is 14.7 Å². The average molecular weight is 396 g/mol. The van der Waals surface area contributed by atoms with Crippen LogP contribution in [0.2, 0.25) is 0 Å². The quantitative estimate of drug-likeness (QED) is 0.857. The lowest BCUT2D eigenvalue weighted by atomic mass is 9.76. The zero-order valence-electron chi connectivity index (χ0n) is 17.3. The Hall–Kier alpha value is -2.67. The number of morpholine rings is 1. The summed E-state index contributed by atoms with van der Waals surface area (Å²) >= 11 is 0. The smallest absolute Gasteiger partial charge is 0.249 e. The van der Waals surface area contributed by atoms with Gasteiger partial charge in [0.25, 0.3) is 0 Å². The van der Waals surface area contributed by atoms with E-state index in [-0.39, 0.29) is 24.5 Å². The molecule has 2 aromatic rings. The number of rotatable bonds is 4. The number of H-pyrrole nitrogens is 1. The van der Waals surface area contributed by atoms with Crippen molar-refractivity contribution in [3.05, 3.63) is 52.8 Å².